The third-order valence-corrected chi connectivity index (χ3v) is 0.610. The molecular formula is C3H8O4ReS-4. The van der Waals surface area contributed by atoms with Gasteiger partial charge in [0, 0.05) is 20.4 Å². The molecule has 61 valence electrons. The summed E-state index contributed by atoms with van der Waals surface area (Å²) in [5.41, 5.74) is 0. The Balaban J connectivity index is -0.0000000133. The number of carbonyl (C=O) groups is 1. The minimum Gasteiger partial charge on any atom is -0.870 e. The standard InChI is InChI=1S/C3H6OS.3H2O.Re/c1-3(4)2-5;;;;/h5H,2H2,1H3;3*1H2;/p-4. The van der Waals surface area contributed by atoms with E-state index >= 15 is 0 Å². The quantitative estimate of drug-likeness (QED) is 0.609. The molecule has 3 N–H and O–H groups in total. The predicted molar refractivity (Wildman–Crippen MR) is 28.7 cm³/mol. The van der Waals surface area contributed by atoms with Crippen LogP contribution in [0, 0.1) is 0 Å². The maximum atomic E-state index is 9.71. The van der Waals surface area contributed by atoms with Crippen LogP contribution in [-0.2, 0) is 37.8 Å². The zero-order chi connectivity index (χ0) is 4.28. The van der Waals surface area contributed by atoms with Crippen LogP contribution in [0.3, 0.4) is 0 Å². The Morgan fingerprint density at radius 3 is 1.44 bits per heavy atom. The molecule has 0 aromatic rings. The van der Waals surface area contributed by atoms with Crippen molar-refractivity contribution in [2.24, 2.45) is 0 Å². The van der Waals surface area contributed by atoms with Crippen LogP contribution in [-0.4, -0.2) is 28.0 Å². The van der Waals surface area contributed by atoms with Gasteiger partial charge in [-0.3, -0.25) is 0 Å². The van der Waals surface area contributed by atoms with Crippen molar-refractivity contribution in [3.05, 3.63) is 0 Å². The molecule has 0 bridgehead atoms. The van der Waals surface area contributed by atoms with Gasteiger partial charge in [0.05, 0.1) is 0 Å². The van der Waals surface area contributed by atoms with Gasteiger partial charge in [-0.1, -0.05) is 0 Å². The fourth-order valence-electron chi connectivity index (χ4n) is 0. The molecule has 0 aliphatic rings. The van der Waals surface area contributed by atoms with Crippen molar-refractivity contribution in [1.82, 2.24) is 0 Å². The van der Waals surface area contributed by atoms with Gasteiger partial charge in [-0.2, -0.15) is 0 Å². The van der Waals surface area contributed by atoms with E-state index in [-0.39, 0.29) is 48.4 Å². The van der Waals surface area contributed by atoms with Gasteiger partial charge in [-0.05, 0) is 6.92 Å². The number of Topliss-reactive ketones (excluding diaryl/α,β-unsaturated/α-hetero) is 1. The first kappa shape index (κ1) is 33.7. The molecule has 0 heterocycles. The predicted octanol–water partition coefficient (Wildman–Crippen LogP) is -0.411. The number of hydrogen-bond donors (Lipinski definition) is 0. The normalized spacial score (nSPS) is 4.22. The Morgan fingerprint density at radius 2 is 1.44 bits per heavy atom. The van der Waals surface area contributed by atoms with Crippen molar-refractivity contribution >= 4 is 18.4 Å². The number of carbonyl (C=O) groups excluding carboxylic acids is 1. The second-order valence-corrected chi connectivity index (χ2v) is 1.14. The van der Waals surface area contributed by atoms with Gasteiger partial charge < -0.3 is 33.9 Å². The summed E-state index contributed by atoms with van der Waals surface area (Å²) < 4.78 is 0. The van der Waals surface area contributed by atoms with Gasteiger partial charge >= 0.3 is 0 Å². The van der Waals surface area contributed by atoms with Crippen molar-refractivity contribution in [2.45, 2.75) is 6.92 Å². The zero-order valence-corrected chi connectivity index (χ0v) is 8.28. The molecule has 0 unspecified atom stereocenters. The smallest absolute Gasteiger partial charge is 0.106 e. The largest absolute Gasteiger partial charge is 0.870 e. The van der Waals surface area contributed by atoms with Crippen molar-refractivity contribution in [3.63, 3.8) is 0 Å². The second-order valence-electron chi connectivity index (χ2n) is 0.846. The van der Waals surface area contributed by atoms with Crippen LogP contribution in [0.1, 0.15) is 6.92 Å². The SMILES string of the molecule is CC(=O)C[S-].[OH-].[OH-].[OH-].[Re]. The summed E-state index contributed by atoms with van der Waals surface area (Å²) >= 11 is 4.33. The maximum Gasteiger partial charge on any atom is 0.106 e. The Bertz CT molecular complexity index is 51.1. The topological polar surface area (TPSA) is 107 Å². The maximum absolute atomic E-state index is 9.71. The summed E-state index contributed by atoms with van der Waals surface area (Å²) in [7, 11) is 0. The van der Waals surface area contributed by atoms with E-state index in [1.165, 1.54) is 6.92 Å². The van der Waals surface area contributed by atoms with Gasteiger partial charge in [-0.25, -0.2) is 0 Å². The summed E-state index contributed by atoms with van der Waals surface area (Å²) in [6, 6.07) is 0. The molecular weight excluding hydrogens is 318 g/mol. The summed E-state index contributed by atoms with van der Waals surface area (Å²) in [5, 5.41) is 0. The minimum atomic E-state index is 0. The van der Waals surface area contributed by atoms with Gasteiger partial charge in [0.15, 0.2) is 0 Å². The first-order valence-electron chi connectivity index (χ1n) is 1.35. The molecule has 0 saturated heterocycles. The molecule has 4 nitrogen and oxygen atoms in total. The van der Waals surface area contributed by atoms with Crippen LogP contribution in [0.4, 0.5) is 0 Å². The van der Waals surface area contributed by atoms with E-state index in [1.54, 1.807) is 0 Å². The molecule has 0 amide bonds. The second kappa shape index (κ2) is 23.5. The molecule has 0 spiro atoms. The summed E-state index contributed by atoms with van der Waals surface area (Å²) in [6.45, 7) is 1.48. The van der Waals surface area contributed by atoms with Gasteiger partial charge in [0.2, 0.25) is 0 Å². The Labute approximate surface area is 73.0 Å². The van der Waals surface area contributed by atoms with E-state index in [4.69, 9.17) is 0 Å². The first-order chi connectivity index (χ1) is 2.27. The number of rotatable bonds is 1. The molecule has 1 radical (unpaired) electrons. The molecule has 0 aromatic carbocycles. The molecule has 9 heavy (non-hydrogen) atoms. The van der Waals surface area contributed by atoms with Crippen LogP contribution < -0.4 is 0 Å². The molecule has 0 saturated carbocycles. The number of hydrogen-bond acceptors (Lipinski definition) is 5. The van der Waals surface area contributed by atoms with E-state index in [0.717, 1.165) is 0 Å². The Kier molecular flexibility index (Phi) is 88.0. The van der Waals surface area contributed by atoms with Gasteiger partial charge in [0.25, 0.3) is 0 Å². The van der Waals surface area contributed by atoms with Gasteiger partial charge in [-0.15, -0.1) is 5.75 Å². The molecule has 6 heteroatoms. The average Bonchev–Trinajstić information content (AvgIpc) is 1.38. The van der Waals surface area contributed by atoms with Crippen LogP contribution in [0.2, 0.25) is 0 Å². The van der Waals surface area contributed by atoms with E-state index in [0.29, 0.717) is 0 Å². The van der Waals surface area contributed by atoms with E-state index < -0.39 is 0 Å². The molecule has 0 aliphatic carbocycles. The summed E-state index contributed by atoms with van der Waals surface area (Å²) in [4.78, 5) is 9.71. The third kappa shape index (κ3) is 56.2. The average molecular weight is 326 g/mol. The fourth-order valence-corrected chi connectivity index (χ4v) is 0. The summed E-state index contributed by atoms with van der Waals surface area (Å²) in [5.74, 6) is 0.319. The fraction of sp³-hybridized carbons (Fsp3) is 0.667. The van der Waals surface area contributed by atoms with Crippen LogP contribution in [0.25, 0.3) is 0 Å². The van der Waals surface area contributed by atoms with Crippen LogP contribution in [0.15, 0.2) is 0 Å². The molecule has 0 fully saturated rings. The van der Waals surface area contributed by atoms with E-state index in [9.17, 15) is 4.79 Å². The van der Waals surface area contributed by atoms with E-state index in [2.05, 4.69) is 12.6 Å². The van der Waals surface area contributed by atoms with Crippen LogP contribution in [0.5, 0.6) is 0 Å². The minimum absolute atomic E-state index is 0. The molecule has 0 rings (SSSR count). The van der Waals surface area contributed by atoms with Crippen LogP contribution >= 0.6 is 0 Å². The monoisotopic (exact) mass is 327 g/mol. The zero-order valence-electron chi connectivity index (χ0n) is 4.74. The van der Waals surface area contributed by atoms with Crippen molar-refractivity contribution in [1.29, 1.82) is 0 Å². The van der Waals surface area contributed by atoms with Crippen molar-refractivity contribution < 1.29 is 41.6 Å². The Hall–Kier alpha value is 0.562. The van der Waals surface area contributed by atoms with Gasteiger partial charge in [0.1, 0.15) is 5.78 Å². The Morgan fingerprint density at radius 1 is 1.33 bits per heavy atom. The molecule has 0 aliphatic heterocycles. The van der Waals surface area contributed by atoms with Crippen molar-refractivity contribution in [3.8, 4) is 0 Å². The summed E-state index contributed by atoms with van der Waals surface area (Å²) in [6.07, 6.45) is 0. The third-order valence-electron chi connectivity index (χ3n) is 0.203. The number of ketones is 1. The van der Waals surface area contributed by atoms with Crippen molar-refractivity contribution in [2.75, 3.05) is 5.75 Å². The first-order valence-corrected chi connectivity index (χ1v) is 1.92. The van der Waals surface area contributed by atoms with E-state index in [1.807, 2.05) is 0 Å². The molecule has 0 atom stereocenters. The molecule has 0 aromatic heterocycles.